The van der Waals surface area contributed by atoms with Gasteiger partial charge in [0.1, 0.15) is 0 Å². The van der Waals surface area contributed by atoms with E-state index < -0.39 is 0 Å². The molecule has 1 aliphatic rings. The summed E-state index contributed by atoms with van der Waals surface area (Å²) in [7, 11) is 0. The fraction of sp³-hybridized carbons (Fsp3) is 0.304. The molecule has 150 valence electrons. The number of carbonyl (C=O) groups is 2. The summed E-state index contributed by atoms with van der Waals surface area (Å²) in [5, 5.41) is 0. The summed E-state index contributed by atoms with van der Waals surface area (Å²) in [5.41, 5.74) is 3.84. The molecule has 0 saturated carbocycles. The van der Waals surface area contributed by atoms with E-state index in [1.54, 1.807) is 17.0 Å². The molecule has 0 unspecified atom stereocenters. The van der Waals surface area contributed by atoms with Gasteiger partial charge in [-0.25, -0.2) is 0 Å². The number of ketones is 1. The van der Waals surface area contributed by atoms with Crippen LogP contribution in [0.5, 0.6) is 0 Å². The minimum atomic E-state index is -0.0904. The molecule has 1 aliphatic heterocycles. The third-order valence-corrected chi connectivity index (χ3v) is 5.50. The first-order valence-corrected chi connectivity index (χ1v) is 9.87. The van der Waals surface area contributed by atoms with Crippen LogP contribution >= 0.6 is 0 Å². The summed E-state index contributed by atoms with van der Waals surface area (Å²) >= 11 is 0. The number of para-hydroxylation sites is 1. The van der Waals surface area contributed by atoms with Crippen molar-refractivity contribution in [1.82, 2.24) is 14.4 Å². The van der Waals surface area contributed by atoms with Gasteiger partial charge < -0.3 is 13.9 Å². The van der Waals surface area contributed by atoms with Gasteiger partial charge in [0, 0.05) is 48.8 Å². The third-order valence-electron chi connectivity index (χ3n) is 5.50. The van der Waals surface area contributed by atoms with Gasteiger partial charge in [-0.05, 0) is 44.2 Å². The molecule has 0 bridgehead atoms. The number of aromatic nitrogens is 1. The first kappa shape index (κ1) is 19.2. The number of aryl methyl sites for hydroxylation is 1. The van der Waals surface area contributed by atoms with E-state index in [1.165, 1.54) is 6.26 Å². The number of furan rings is 1. The molecule has 1 saturated heterocycles. The predicted molar refractivity (Wildman–Crippen MR) is 111 cm³/mol. The van der Waals surface area contributed by atoms with E-state index in [-0.39, 0.29) is 11.7 Å². The predicted octanol–water partition coefficient (Wildman–Crippen LogP) is 3.33. The second-order valence-electron chi connectivity index (χ2n) is 7.42. The van der Waals surface area contributed by atoms with Gasteiger partial charge in [-0.2, -0.15) is 0 Å². The van der Waals surface area contributed by atoms with Gasteiger partial charge in [-0.15, -0.1) is 0 Å². The molecule has 3 heterocycles. The van der Waals surface area contributed by atoms with E-state index in [0.29, 0.717) is 38.5 Å². The normalized spacial score (nSPS) is 14.9. The molecule has 1 amide bonds. The zero-order valence-corrected chi connectivity index (χ0v) is 16.8. The highest BCUT2D eigenvalue weighted by Gasteiger charge is 2.26. The Morgan fingerprint density at radius 3 is 2.34 bits per heavy atom. The van der Waals surface area contributed by atoms with Crippen LogP contribution in [0.3, 0.4) is 0 Å². The van der Waals surface area contributed by atoms with Crippen molar-refractivity contribution in [1.29, 1.82) is 0 Å². The standard InChI is InChI=1S/C23H25N3O3/c1-17-15-20(18(2)26(17)19-7-4-3-5-8-19)21(27)16-24-10-12-25(13-11-24)23(28)22-9-6-14-29-22/h3-9,14-15H,10-13,16H2,1-2H3. The smallest absolute Gasteiger partial charge is 0.289 e. The minimum absolute atomic E-state index is 0.0904. The highest BCUT2D eigenvalue weighted by atomic mass is 16.3. The highest BCUT2D eigenvalue weighted by Crippen LogP contribution is 2.21. The zero-order valence-electron chi connectivity index (χ0n) is 16.8. The van der Waals surface area contributed by atoms with Crippen molar-refractivity contribution < 1.29 is 14.0 Å². The van der Waals surface area contributed by atoms with Crippen LogP contribution in [0.15, 0.2) is 59.2 Å². The van der Waals surface area contributed by atoms with E-state index in [0.717, 1.165) is 22.6 Å². The molecule has 2 aromatic heterocycles. The average molecular weight is 391 g/mol. The van der Waals surface area contributed by atoms with Gasteiger partial charge in [0.2, 0.25) is 0 Å². The Hall–Kier alpha value is -3.12. The Morgan fingerprint density at radius 2 is 1.69 bits per heavy atom. The number of piperazine rings is 1. The monoisotopic (exact) mass is 391 g/mol. The second kappa shape index (κ2) is 8.09. The molecule has 6 nitrogen and oxygen atoms in total. The van der Waals surface area contributed by atoms with Gasteiger partial charge in [-0.3, -0.25) is 14.5 Å². The van der Waals surface area contributed by atoms with E-state index in [2.05, 4.69) is 9.47 Å². The van der Waals surface area contributed by atoms with Gasteiger partial charge >= 0.3 is 0 Å². The largest absolute Gasteiger partial charge is 0.459 e. The first-order valence-electron chi connectivity index (χ1n) is 9.87. The van der Waals surface area contributed by atoms with Crippen molar-refractivity contribution in [3.63, 3.8) is 0 Å². The maximum atomic E-state index is 13.0. The molecule has 6 heteroatoms. The molecule has 0 radical (unpaired) electrons. The van der Waals surface area contributed by atoms with Crippen LogP contribution < -0.4 is 0 Å². The molecular weight excluding hydrogens is 366 g/mol. The Morgan fingerprint density at radius 1 is 0.966 bits per heavy atom. The fourth-order valence-corrected chi connectivity index (χ4v) is 3.97. The van der Waals surface area contributed by atoms with Crippen LogP contribution in [0.25, 0.3) is 5.69 Å². The summed E-state index contributed by atoms with van der Waals surface area (Å²) in [6, 6.07) is 15.4. The van der Waals surface area contributed by atoms with Crippen LogP contribution in [-0.2, 0) is 0 Å². The maximum Gasteiger partial charge on any atom is 0.289 e. The summed E-state index contributed by atoms with van der Waals surface area (Å²) in [6.07, 6.45) is 1.51. The Labute approximate surface area is 170 Å². The molecule has 0 aliphatic carbocycles. The van der Waals surface area contributed by atoms with Crippen molar-refractivity contribution in [3.8, 4) is 5.69 Å². The molecule has 1 aromatic carbocycles. The van der Waals surface area contributed by atoms with Gasteiger partial charge in [0.05, 0.1) is 12.8 Å². The number of hydrogen-bond acceptors (Lipinski definition) is 4. The summed E-state index contributed by atoms with van der Waals surface area (Å²) in [6.45, 7) is 6.92. The number of nitrogens with zero attached hydrogens (tertiary/aromatic N) is 3. The van der Waals surface area contributed by atoms with Crippen molar-refractivity contribution in [2.45, 2.75) is 13.8 Å². The van der Waals surface area contributed by atoms with Crippen molar-refractivity contribution in [2.75, 3.05) is 32.7 Å². The molecule has 3 aromatic rings. The average Bonchev–Trinajstić information content (AvgIpc) is 3.37. The molecule has 4 rings (SSSR count). The highest BCUT2D eigenvalue weighted by molar-refractivity contribution is 5.99. The zero-order chi connectivity index (χ0) is 20.4. The van der Waals surface area contributed by atoms with Gasteiger partial charge in [0.25, 0.3) is 5.91 Å². The van der Waals surface area contributed by atoms with Crippen LogP contribution in [-0.4, -0.2) is 58.8 Å². The number of amides is 1. The third kappa shape index (κ3) is 3.89. The van der Waals surface area contributed by atoms with Gasteiger partial charge in [-0.1, -0.05) is 18.2 Å². The summed E-state index contributed by atoms with van der Waals surface area (Å²) in [5.74, 6) is 0.390. The second-order valence-corrected chi connectivity index (χ2v) is 7.42. The molecular formula is C23H25N3O3. The Bertz CT molecular complexity index is 998. The lowest BCUT2D eigenvalue weighted by Crippen LogP contribution is -2.49. The van der Waals surface area contributed by atoms with Crippen LogP contribution in [0, 0.1) is 13.8 Å². The number of benzene rings is 1. The lowest BCUT2D eigenvalue weighted by molar-refractivity contribution is 0.0596. The van der Waals surface area contributed by atoms with Crippen molar-refractivity contribution in [3.05, 3.63) is 77.5 Å². The first-order chi connectivity index (χ1) is 14.0. The summed E-state index contributed by atoms with van der Waals surface area (Å²) < 4.78 is 7.32. The van der Waals surface area contributed by atoms with E-state index >= 15 is 0 Å². The topological polar surface area (TPSA) is 58.7 Å². The minimum Gasteiger partial charge on any atom is -0.459 e. The molecule has 0 atom stereocenters. The van der Waals surface area contributed by atoms with E-state index in [1.807, 2.05) is 50.2 Å². The van der Waals surface area contributed by atoms with Crippen LogP contribution in [0.2, 0.25) is 0 Å². The molecule has 0 N–H and O–H groups in total. The maximum absolute atomic E-state index is 13.0. The summed E-state index contributed by atoms with van der Waals surface area (Å²) in [4.78, 5) is 29.2. The Balaban J connectivity index is 1.40. The number of carbonyl (C=O) groups excluding carboxylic acids is 2. The SMILES string of the molecule is Cc1cc(C(=O)CN2CCN(C(=O)c3ccco3)CC2)c(C)n1-c1ccccc1. The Kier molecular flexibility index (Phi) is 5.36. The lowest BCUT2D eigenvalue weighted by Gasteiger charge is -2.33. The lowest BCUT2D eigenvalue weighted by atomic mass is 10.1. The molecule has 29 heavy (non-hydrogen) atoms. The van der Waals surface area contributed by atoms with E-state index in [4.69, 9.17) is 4.42 Å². The van der Waals surface area contributed by atoms with Crippen LogP contribution in [0.1, 0.15) is 32.3 Å². The molecule has 0 spiro atoms. The van der Waals surface area contributed by atoms with Crippen molar-refractivity contribution in [2.24, 2.45) is 0 Å². The fourth-order valence-electron chi connectivity index (χ4n) is 3.97. The van der Waals surface area contributed by atoms with Crippen molar-refractivity contribution >= 4 is 11.7 Å². The number of rotatable bonds is 5. The molecule has 1 fully saturated rings. The van der Waals surface area contributed by atoms with Crippen LogP contribution in [0.4, 0.5) is 0 Å². The van der Waals surface area contributed by atoms with E-state index in [9.17, 15) is 9.59 Å². The number of Topliss-reactive ketones (excluding diaryl/α,β-unsaturated/α-hetero) is 1. The number of hydrogen-bond donors (Lipinski definition) is 0. The van der Waals surface area contributed by atoms with Gasteiger partial charge in [0.15, 0.2) is 11.5 Å². The quantitative estimate of drug-likeness (QED) is 0.626.